The molecule has 1 aromatic carbocycles. The van der Waals surface area contributed by atoms with Gasteiger partial charge in [-0.2, -0.15) is 0 Å². The van der Waals surface area contributed by atoms with E-state index in [0.717, 1.165) is 5.46 Å². The number of benzene rings is 1. The predicted molar refractivity (Wildman–Crippen MR) is 99.5 cm³/mol. The molecule has 0 atom stereocenters. The van der Waals surface area contributed by atoms with Gasteiger partial charge in [0.25, 0.3) is 0 Å². The van der Waals surface area contributed by atoms with Crippen LogP contribution in [0.4, 0.5) is 0 Å². The Kier molecular flexibility index (Phi) is 4.95. The fraction of sp³-hybridized carbons (Fsp3) is 0.647. The Morgan fingerprint density at radius 1 is 1.08 bits per heavy atom. The summed E-state index contributed by atoms with van der Waals surface area (Å²) in [6, 6.07) is 5.29. The van der Waals surface area contributed by atoms with Crippen molar-refractivity contribution in [2.24, 2.45) is 0 Å². The summed E-state index contributed by atoms with van der Waals surface area (Å²) in [6.45, 7) is 13.0. The molecule has 0 spiro atoms. The van der Waals surface area contributed by atoms with Gasteiger partial charge in [0.2, 0.25) is 0 Å². The summed E-state index contributed by atoms with van der Waals surface area (Å²) >= 11 is 6.23. The van der Waals surface area contributed by atoms with Gasteiger partial charge in [0.05, 0.1) is 21.7 Å². The van der Waals surface area contributed by atoms with E-state index >= 15 is 0 Å². The summed E-state index contributed by atoms with van der Waals surface area (Å²) < 4.78 is 36.2. The third-order valence-corrected chi connectivity index (χ3v) is 7.80. The molecule has 1 aliphatic rings. The molecule has 2 rings (SSSR count). The molecular weight excluding hydrogens is 347 g/mol. The molecule has 24 heavy (non-hydrogen) atoms. The molecule has 1 saturated heterocycles. The van der Waals surface area contributed by atoms with Gasteiger partial charge in [-0.3, -0.25) is 0 Å². The number of sulfone groups is 1. The molecule has 134 valence electrons. The lowest BCUT2D eigenvalue weighted by Crippen LogP contribution is -2.41. The molecule has 0 radical (unpaired) electrons. The number of halogens is 1. The molecule has 1 heterocycles. The zero-order valence-corrected chi connectivity index (χ0v) is 17.0. The van der Waals surface area contributed by atoms with E-state index in [0.29, 0.717) is 10.6 Å². The second kappa shape index (κ2) is 6.01. The molecule has 0 saturated carbocycles. The predicted octanol–water partition coefficient (Wildman–Crippen LogP) is 3.35. The van der Waals surface area contributed by atoms with Crippen molar-refractivity contribution in [1.82, 2.24) is 0 Å². The molecule has 4 nitrogen and oxygen atoms in total. The van der Waals surface area contributed by atoms with Crippen molar-refractivity contribution in [2.75, 3.05) is 0 Å². The first-order valence-electron chi connectivity index (χ1n) is 8.03. The van der Waals surface area contributed by atoms with Crippen LogP contribution in [0.5, 0.6) is 0 Å². The first-order chi connectivity index (χ1) is 10.7. The maximum Gasteiger partial charge on any atom is 0.494 e. The third-order valence-electron chi connectivity index (χ3n) is 4.87. The molecule has 7 heteroatoms. The molecule has 0 aliphatic carbocycles. The highest BCUT2D eigenvalue weighted by Crippen LogP contribution is 2.36. The minimum Gasteiger partial charge on any atom is -0.399 e. The zero-order valence-electron chi connectivity index (χ0n) is 15.4. The van der Waals surface area contributed by atoms with Gasteiger partial charge in [-0.25, -0.2) is 8.42 Å². The quantitative estimate of drug-likeness (QED) is 0.764. The van der Waals surface area contributed by atoms with Crippen molar-refractivity contribution in [3.63, 3.8) is 0 Å². The highest BCUT2D eigenvalue weighted by Gasteiger charge is 2.51. The van der Waals surface area contributed by atoms with Gasteiger partial charge >= 0.3 is 7.12 Å². The van der Waals surface area contributed by atoms with Gasteiger partial charge < -0.3 is 9.31 Å². The van der Waals surface area contributed by atoms with Gasteiger partial charge in [-0.1, -0.05) is 23.7 Å². The van der Waals surface area contributed by atoms with Crippen LogP contribution in [0.2, 0.25) is 5.02 Å². The van der Waals surface area contributed by atoms with Crippen molar-refractivity contribution >= 4 is 34.0 Å². The first kappa shape index (κ1) is 19.8. The van der Waals surface area contributed by atoms with Crippen LogP contribution >= 0.6 is 11.6 Å². The molecule has 0 bridgehead atoms. The van der Waals surface area contributed by atoms with E-state index in [1.807, 2.05) is 33.8 Å². The van der Waals surface area contributed by atoms with E-state index < -0.39 is 32.9 Å². The fourth-order valence-corrected chi connectivity index (χ4v) is 3.60. The standard InChI is InChI=1S/C17H26BClO4S/c1-15(2,3)24(20,21)11-12-10-13(8-9-14(12)19)18-22-16(4,5)17(6,7)23-18/h8-10H,11H2,1-7H3. The lowest BCUT2D eigenvalue weighted by atomic mass is 9.78. The van der Waals surface area contributed by atoms with Crippen LogP contribution in [-0.4, -0.2) is 31.5 Å². The summed E-state index contributed by atoms with van der Waals surface area (Å²) in [4.78, 5) is 0. The highest BCUT2D eigenvalue weighted by molar-refractivity contribution is 7.91. The minimum atomic E-state index is -3.33. The Morgan fingerprint density at radius 3 is 2.04 bits per heavy atom. The Labute approximate surface area is 150 Å². The summed E-state index contributed by atoms with van der Waals surface area (Å²) in [5.41, 5.74) is 0.445. The van der Waals surface area contributed by atoms with Crippen molar-refractivity contribution < 1.29 is 17.7 Å². The SMILES string of the molecule is CC1(C)OB(c2ccc(Cl)c(CS(=O)(=O)C(C)(C)C)c2)OC1(C)C. The van der Waals surface area contributed by atoms with Crippen molar-refractivity contribution in [1.29, 1.82) is 0 Å². The van der Waals surface area contributed by atoms with E-state index in [4.69, 9.17) is 20.9 Å². The maximum absolute atomic E-state index is 12.5. The van der Waals surface area contributed by atoms with E-state index in [2.05, 4.69) is 0 Å². The molecule has 0 aromatic heterocycles. The number of hydrogen-bond acceptors (Lipinski definition) is 4. The van der Waals surface area contributed by atoms with Crippen molar-refractivity contribution in [3.05, 3.63) is 28.8 Å². The van der Waals surface area contributed by atoms with Crippen molar-refractivity contribution in [2.45, 2.75) is 70.2 Å². The Bertz CT molecular complexity index is 719. The lowest BCUT2D eigenvalue weighted by Gasteiger charge is -2.32. The van der Waals surface area contributed by atoms with E-state index in [1.165, 1.54) is 0 Å². The third kappa shape index (κ3) is 3.67. The van der Waals surface area contributed by atoms with Gasteiger partial charge in [0.1, 0.15) is 0 Å². The fourth-order valence-electron chi connectivity index (χ4n) is 2.25. The molecule has 1 fully saturated rings. The zero-order chi connectivity index (χ0) is 18.6. The summed E-state index contributed by atoms with van der Waals surface area (Å²) in [6.07, 6.45) is 0. The highest BCUT2D eigenvalue weighted by atomic mass is 35.5. The van der Waals surface area contributed by atoms with Crippen LogP contribution in [0.3, 0.4) is 0 Å². The van der Waals surface area contributed by atoms with Crippen LogP contribution in [-0.2, 0) is 24.9 Å². The largest absolute Gasteiger partial charge is 0.494 e. The number of rotatable bonds is 3. The second-order valence-corrected chi connectivity index (χ2v) is 11.5. The summed E-state index contributed by atoms with van der Waals surface area (Å²) in [7, 11) is -3.86. The van der Waals surface area contributed by atoms with Crippen LogP contribution in [0.15, 0.2) is 18.2 Å². The Hall–Kier alpha value is -0.555. The minimum absolute atomic E-state index is 0.108. The molecule has 1 aliphatic heterocycles. The van der Waals surface area contributed by atoms with Gasteiger partial charge in [-0.05, 0) is 65.6 Å². The van der Waals surface area contributed by atoms with Crippen LogP contribution < -0.4 is 5.46 Å². The molecule has 0 N–H and O–H groups in total. The average molecular weight is 373 g/mol. The maximum atomic E-state index is 12.5. The van der Waals surface area contributed by atoms with Crippen LogP contribution in [0.1, 0.15) is 54.0 Å². The normalized spacial score (nSPS) is 20.4. The van der Waals surface area contributed by atoms with Crippen molar-refractivity contribution in [3.8, 4) is 0 Å². The lowest BCUT2D eigenvalue weighted by molar-refractivity contribution is 0.00578. The second-order valence-electron chi connectivity index (χ2n) is 8.31. The molecule has 0 unspecified atom stereocenters. The molecular formula is C17H26BClO4S. The number of hydrogen-bond donors (Lipinski definition) is 0. The summed E-state index contributed by atoms with van der Waals surface area (Å²) in [5, 5.41) is 0.433. The smallest absolute Gasteiger partial charge is 0.399 e. The monoisotopic (exact) mass is 372 g/mol. The molecule has 0 amide bonds. The average Bonchev–Trinajstić information content (AvgIpc) is 2.59. The first-order valence-corrected chi connectivity index (χ1v) is 10.1. The summed E-state index contributed by atoms with van der Waals surface area (Å²) in [5.74, 6) is -0.108. The molecule has 1 aromatic rings. The van der Waals surface area contributed by atoms with Crippen LogP contribution in [0, 0.1) is 0 Å². The van der Waals surface area contributed by atoms with E-state index in [-0.39, 0.29) is 5.75 Å². The van der Waals surface area contributed by atoms with Crippen LogP contribution in [0.25, 0.3) is 0 Å². The Balaban J connectivity index is 2.34. The van der Waals surface area contributed by atoms with E-state index in [9.17, 15) is 8.42 Å². The van der Waals surface area contributed by atoms with Gasteiger partial charge in [-0.15, -0.1) is 0 Å². The topological polar surface area (TPSA) is 52.6 Å². The van der Waals surface area contributed by atoms with Gasteiger partial charge in [0, 0.05) is 5.02 Å². The van der Waals surface area contributed by atoms with Gasteiger partial charge in [0.15, 0.2) is 9.84 Å². The van der Waals surface area contributed by atoms with E-state index in [1.54, 1.807) is 32.9 Å². The Morgan fingerprint density at radius 2 is 1.58 bits per heavy atom.